The third-order valence-corrected chi connectivity index (χ3v) is 4.25. The van der Waals surface area contributed by atoms with E-state index in [1.165, 1.54) is 0 Å². The molecule has 0 aliphatic heterocycles. The number of aryl methyl sites for hydroxylation is 2. The second-order valence-electron chi connectivity index (χ2n) is 6.11. The second-order valence-corrected chi connectivity index (χ2v) is 6.55. The van der Waals surface area contributed by atoms with Crippen molar-refractivity contribution in [2.75, 3.05) is 6.54 Å². The van der Waals surface area contributed by atoms with Gasteiger partial charge in [0, 0.05) is 17.1 Å². The molecular formula is C22H20ClN3O. The van der Waals surface area contributed by atoms with Crippen LogP contribution in [0.4, 0.5) is 0 Å². The Morgan fingerprint density at radius 3 is 2.59 bits per heavy atom. The molecule has 1 aromatic heterocycles. The number of aromatic nitrogens is 2. The summed E-state index contributed by atoms with van der Waals surface area (Å²) < 4.78 is 0. The van der Waals surface area contributed by atoms with E-state index in [1.54, 1.807) is 12.1 Å². The third-order valence-electron chi connectivity index (χ3n) is 4.02. The van der Waals surface area contributed by atoms with Gasteiger partial charge in [-0.2, -0.15) is 0 Å². The van der Waals surface area contributed by atoms with Gasteiger partial charge in [-0.1, -0.05) is 66.2 Å². The van der Waals surface area contributed by atoms with Gasteiger partial charge in [0.15, 0.2) is 0 Å². The molecular weight excluding hydrogens is 358 g/mol. The van der Waals surface area contributed by atoms with Crippen LogP contribution in [0, 0.1) is 13.8 Å². The first-order valence-electron chi connectivity index (χ1n) is 8.65. The van der Waals surface area contributed by atoms with Crippen LogP contribution >= 0.6 is 11.6 Å². The number of halogens is 1. The van der Waals surface area contributed by atoms with Gasteiger partial charge in [-0.15, -0.1) is 0 Å². The number of carbonyl (C=O) groups is 1. The molecule has 0 bridgehead atoms. The molecule has 1 N–H and O–H groups in total. The fourth-order valence-corrected chi connectivity index (χ4v) is 3.02. The van der Waals surface area contributed by atoms with Crippen LogP contribution in [0.5, 0.6) is 0 Å². The van der Waals surface area contributed by atoms with Gasteiger partial charge in [0.25, 0.3) is 5.91 Å². The maximum atomic E-state index is 12.8. The number of nitrogens with zero attached hydrogens (tertiary/aromatic N) is 2. The lowest BCUT2D eigenvalue weighted by Crippen LogP contribution is -2.26. The summed E-state index contributed by atoms with van der Waals surface area (Å²) in [4.78, 5) is 21.7. The van der Waals surface area contributed by atoms with Crippen molar-refractivity contribution < 1.29 is 4.79 Å². The lowest BCUT2D eigenvalue weighted by Gasteiger charge is -2.12. The van der Waals surface area contributed by atoms with Gasteiger partial charge in [0.1, 0.15) is 5.82 Å². The molecule has 0 unspecified atom stereocenters. The second kappa shape index (κ2) is 8.60. The fraction of sp³-hybridized carbons (Fsp3) is 0.136. The van der Waals surface area contributed by atoms with Gasteiger partial charge in [-0.3, -0.25) is 4.79 Å². The maximum absolute atomic E-state index is 12.8. The first-order valence-corrected chi connectivity index (χ1v) is 9.03. The highest BCUT2D eigenvalue weighted by Crippen LogP contribution is 2.26. The van der Waals surface area contributed by atoms with E-state index in [4.69, 9.17) is 11.6 Å². The van der Waals surface area contributed by atoms with E-state index in [2.05, 4.69) is 15.3 Å². The summed E-state index contributed by atoms with van der Waals surface area (Å²) in [5.74, 6) is 0.406. The Bertz CT molecular complexity index is 984. The molecule has 0 spiro atoms. The topological polar surface area (TPSA) is 54.9 Å². The highest BCUT2D eigenvalue weighted by molar-refractivity contribution is 6.30. The molecule has 3 aromatic rings. The zero-order valence-corrected chi connectivity index (χ0v) is 16.0. The number of carbonyl (C=O) groups excluding carboxylic acids is 1. The van der Waals surface area contributed by atoms with Crippen molar-refractivity contribution in [2.24, 2.45) is 0 Å². The SMILES string of the molecule is Cc1nc(C)c(C(=O)NC/C=C/c2ccccc2)c(-c2cccc(Cl)c2)n1. The Labute approximate surface area is 163 Å². The minimum absolute atomic E-state index is 0.208. The van der Waals surface area contributed by atoms with Gasteiger partial charge < -0.3 is 5.32 Å². The van der Waals surface area contributed by atoms with Crippen molar-refractivity contribution in [1.82, 2.24) is 15.3 Å². The van der Waals surface area contributed by atoms with Crippen LogP contribution in [-0.2, 0) is 0 Å². The van der Waals surface area contributed by atoms with E-state index in [1.807, 2.05) is 68.5 Å². The van der Waals surface area contributed by atoms with Crippen LogP contribution in [0.3, 0.4) is 0 Å². The molecule has 0 aliphatic rings. The molecule has 1 heterocycles. The van der Waals surface area contributed by atoms with Gasteiger partial charge >= 0.3 is 0 Å². The number of amides is 1. The van der Waals surface area contributed by atoms with E-state index in [0.717, 1.165) is 11.1 Å². The van der Waals surface area contributed by atoms with Crippen molar-refractivity contribution in [3.8, 4) is 11.3 Å². The number of benzene rings is 2. The number of hydrogen-bond donors (Lipinski definition) is 1. The van der Waals surface area contributed by atoms with E-state index in [0.29, 0.717) is 34.3 Å². The molecule has 0 fully saturated rings. The Morgan fingerprint density at radius 1 is 1.07 bits per heavy atom. The Morgan fingerprint density at radius 2 is 1.85 bits per heavy atom. The number of hydrogen-bond acceptors (Lipinski definition) is 3. The van der Waals surface area contributed by atoms with Gasteiger partial charge in [0.05, 0.1) is 17.0 Å². The monoisotopic (exact) mass is 377 g/mol. The van der Waals surface area contributed by atoms with Crippen molar-refractivity contribution in [1.29, 1.82) is 0 Å². The molecule has 27 heavy (non-hydrogen) atoms. The molecule has 4 nitrogen and oxygen atoms in total. The quantitative estimate of drug-likeness (QED) is 0.691. The summed E-state index contributed by atoms with van der Waals surface area (Å²) in [6.45, 7) is 4.04. The van der Waals surface area contributed by atoms with E-state index >= 15 is 0 Å². The average molecular weight is 378 g/mol. The molecule has 0 radical (unpaired) electrons. The standard InChI is InChI=1S/C22H20ClN3O/c1-15-20(22(27)24-13-7-10-17-8-4-3-5-9-17)21(26-16(2)25-15)18-11-6-12-19(23)14-18/h3-12,14H,13H2,1-2H3,(H,24,27)/b10-7+. The molecule has 0 saturated carbocycles. The zero-order valence-electron chi connectivity index (χ0n) is 15.2. The zero-order chi connectivity index (χ0) is 19.2. The molecule has 2 aromatic carbocycles. The minimum Gasteiger partial charge on any atom is -0.348 e. The Balaban J connectivity index is 1.83. The van der Waals surface area contributed by atoms with Crippen LogP contribution in [0.15, 0.2) is 60.7 Å². The van der Waals surface area contributed by atoms with Crippen LogP contribution in [-0.4, -0.2) is 22.4 Å². The first kappa shape index (κ1) is 18.8. The average Bonchev–Trinajstić information content (AvgIpc) is 2.65. The lowest BCUT2D eigenvalue weighted by atomic mass is 10.0. The molecule has 0 aliphatic carbocycles. The molecule has 1 amide bonds. The van der Waals surface area contributed by atoms with Crippen molar-refractivity contribution in [3.63, 3.8) is 0 Å². The summed E-state index contributed by atoms with van der Waals surface area (Å²) in [6.07, 6.45) is 3.88. The van der Waals surface area contributed by atoms with Crippen molar-refractivity contribution >= 4 is 23.6 Å². The van der Waals surface area contributed by atoms with Gasteiger partial charge in [-0.05, 0) is 31.5 Å². The number of nitrogens with one attached hydrogen (secondary N) is 1. The van der Waals surface area contributed by atoms with Gasteiger partial charge in [-0.25, -0.2) is 9.97 Å². The fourth-order valence-electron chi connectivity index (χ4n) is 2.83. The van der Waals surface area contributed by atoms with Crippen LogP contribution in [0.1, 0.15) is 27.4 Å². The lowest BCUT2D eigenvalue weighted by molar-refractivity contribution is 0.0957. The molecule has 3 rings (SSSR count). The minimum atomic E-state index is -0.208. The van der Waals surface area contributed by atoms with Crippen molar-refractivity contribution in [2.45, 2.75) is 13.8 Å². The Kier molecular flexibility index (Phi) is 5.99. The highest BCUT2D eigenvalue weighted by Gasteiger charge is 2.18. The molecule has 5 heteroatoms. The summed E-state index contributed by atoms with van der Waals surface area (Å²) in [5, 5.41) is 3.51. The summed E-state index contributed by atoms with van der Waals surface area (Å²) in [6, 6.07) is 17.3. The van der Waals surface area contributed by atoms with Crippen LogP contribution < -0.4 is 5.32 Å². The van der Waals surface area contributed by atoms with E-state index in [-0.39, 0.29) is 5.91 Å². The predicted octanol–water partition coefficient (Wildman–Crippen LogP) is 4.86. The van der Waals surface area contributed by atoms with Crippen molar-refractivity contribution in [3.05, 3.63) is 88.3 Å². The molecule has 0 atom stereocenters. The number of rotatable bonds is 5. The summed E-state index contributed by atoms with van der Waals surface area (Å²) >= 11 is 6.11. The molecule has 0 saturated heterocycles. The normalized spacial score (nSPS) is 10.9. The Hall–Kier alpha value is -2.98. The first-order chi connectivity index (χ1) is 13.0. The third kappa shape index (κ3) is 4.80. The summed E-state index contributed by atoms with van der Waals surface area (Å²) in [5.41, 5.74) is 3.58. The maximum Gasteiger partial charge on any atom is 0.255 e. The van der Waals surface area contributed by atoms with Gasteiger partial charge in [0.2, 0.25) is 0 Å². The highest BCUT2D eigenvalue weighted by atomic mass is 35.5. The smallest absolute Gasteiger partial charge is 0.255 e. The van der Waals surface area contributed by atoms with Crippen LogP contribution in [0.2, 0.25) is 5.02 Å². The predicted molar refractivity (Wildman–Crippen MR) is 110 cm³/mol. The molecule has 136 valence electrons. The van der Waals surface area contributed by atoms with E-state index in [9.17, 15) is 4.79 Å². The van der Waals surface area contributed by atoms with E-state index < -0.39 is 0 Å². The largest absolute Gasteiger partial charge is 0.348 e. The summed E-state index contributed by atoms with van der Waals surface area (Å²) in [7, 11) is 0. The van der Waals surface area contributed by atoms with Crippen LogP contribution in [0.25, 0.3) is 17.3 Å².